The maximum absolute atomic E-state index is 10.7. The normalized spacial score (nSPS) is 12.7. The van der Waals surface area contributed by atoms with Gasteiger partial charge in [0.05, 0.1) is 0 Å². The lowest BCUT2D eigenvalue weighted by Gasteiger charge is -2.06. The zero-order valence-electron chi connectivity index (χ0n) is 14.2. The fourth-order valence-electron chi connectivity index (χ4n) is 2.56. The van der Waals surface area contributed by atoms with Gasteiger partial charge >= 0.3 is 5.97 Å². The Morgan fingerprint density at radius 2 is 1.87 bits per heavy atom. The quantitative estimate of drug-likeness (QED) is 0.539. The largest absolute Gasteiger partial charge is 0.462 e. The molecule has 1 aromatic heterocycles. The average molecular weight is 311 g/mol. The zero-order chi connectivity index (χ0) is 16.7. The standard InChI is InChI=1S/C20H25NO2/c1-16(12-14-23-18(3)22)7-6-8-17(2)15-21-13-11-19-9-4-5-10-20(19)21/h4-5,8-13H,6-7,14-15H2,1-3H3. The van der Waals surface area contributed by atoms with Crippen LogP contribution in [0.25, 0.3) is 10.9 Å². The molecule has 0 aliphatic heterocycles. The third kappa shape index (κ3) is 5.44. The van der Waals surface area contributed by atoms with Crippen LogP contribution in [0.2, 0.25) is 0 Å². The summed E-state index contributed by atoms with van der Waals surface area (Å²) in [4.78, 5) is 10.7. The summed E-state index contributed by atoms with van der Waals surface area (Å²) < 4.78 is 7.20. The van der Waals surface area contributed by atoms with E-state index < -0.39 is 0 Å². The number of allylic oxidation sites excluding steroid dienone is 3. The second-order valence-corrected chi connectivity index (χ2v) is 5.94. The molecule has 0 atom stereocenters. The van der Waals surface area contributed by atoms with Crippen molar-refractivity contribution in [2.75, 3.05) is 6.61 Å². The molecular weight excluding hydrogens is 286 g/mol. The average Bonchev–Trinajstić information content (AvgIpc) is 2.90. The molecule has 0 saturated heterocycles. The van der Waals surface area contributed by atoms with E-state index in [9.17, 15) is 4.79 Å². The molecule has 0 fully saturated rings. The van der Waals surface area contributed by atoms with Gasteiger partial charge in [0.1, 0.15) is 6.61 Å². The number of aromatic nitrogens is 1. The van der Waals surface area contributed by atoms with Crippen molar-refractivity contribution in [2.24, 2.45) is 0 Å². The molecule has 1 heterocycles. The topological polar surface area (TPSA) is 31.2 Å². The predicted molar refractivity (Wildman–Crippen MR) is 95.3 cm³/mol. The minimum Gasteiger partial charge on any atom is -0.462 e. The van der Waals surface area contributed by atoms with Crippen molar-refractivity contribution in [3.8, 4) is 0 Å². The molecule has 0 amide bonds. The lowest BCUT2D eigenvalue weighted by atomic mass is 10.1. The van der Waals surface area contributed by atoms with Crippen molar-refractivity contribution in [2.45, 2.75) is 40.2 Å². The molecule has 0 aliphatic rings. The number of fused-ring (bicyclic) bond motifs is 1. The number of nitrogens with zero attached hydrogens (tertiary/aromatic N) is 1. The second kappa shape index (κ2) is 8.37. The summed E-state index contributed by atoms with van der Waals surface area (Å²) in [7, 11) is 0. The number of hydrogen-bond acceptors (Lipinski definition) is 2. The fourth-order valence-corrected chi connectivity index (χ4v) is 2.56. The molecule has 3 nitrogen and oxygen atoms in total. The minimum atomic E-state index is -0.233. The monoisotopic (exact) mass is 311 g/mol. The molecule has 2 rings (SSSR count). The Hall–Kier alpha value is -2.29. The number of benzene rings is 1. The molecule has 3 heteroatoms. The highest BCUT2D eigenvalue weighted by Crippen LogP contribution is 2.17. The van der Waals surface area contributed by atoms with Crippen LogP contribution >= 0.6 is 0 Å². The minimum absolute atomic E-state index is 0.233. The second-order valence-electron chi connectivity index (χ2n) is 5.94. The van der Waals surface area contributed by atoms with Crippen molar-refractivity contribution in [1.82, 2.24) is 4.57 Å². The van der Waals surface area contributed by atoms with Crippen molar-refractivity contribution >= 4 is 16.9 Å². The molecule has 2 aromatic rings. The molecule has 0 radical (unpaired) electrons. The highest BCUT2D eigenvalue weighted by atomic mass is 16.5. The summed E-state index contributed by atoms with van der Waals surface area (Å²) in [6.45, 7) is 6.97. The van der Waals surface area contributed by atoms with E-state index in [2.05, 4.69) is 61.0 Å². The van der Waals surface area contributed by atoms with E-state index in [4.69, 9.17) is 4.74 Å². The van der Waals surface area contributed by atoms with Crippen LogP contribution in [0.5, 0.6) is 0 Å². The van der Waals surface area contributed by atoms with Gasteiger partial charge in [0.15, 0.2) is 0 Å². The van der Waals surface area contributed by atoms with E-state index >= 15 is 0 Å². The summed E-state index contributed by atoms with van der Waals surface area (Å²) in [6.07, 6.45) is 8.41. The highest BCUT2D eigenvalue weighted by molar-refractivity contribution is 5.79. The van der Waals surface area contributed by atoms with Gasteiger partial charge < -0.3 is 9.30 Å². The highest BCUT2D eigenvalue weighted by Gasteiger charge is 2.00. The fraction of sp³-hybridized carbons (Fsp3) is 0.350. The van der Waals surface area contributed by atoms with Gasteiger partial charge in [-0.05, 0) is 50.3 Å². The number of para-hydroxylation sites is 1. The Balaban J connectivity index is 1.85. The number of ether oxygens (including phenoxy) is 1. The van der Waals surface area contributed by atoms with Gasteiger partial charge in [-0.1, -0.05) is 35.4 Å². The molecule has 0 saturated carbocycles. The van der Waals surface area contributed by atoms with Gasteiger partial charge in [-0.3, -0.25) is 4.79 Å². The summed E-state index contributed by atoms with van der Waals surface area (Å²) in [5.41, 5.74) is 3.89. The summed E-state index contributed by atoms with van der Waals surface area (Å²) in [5, 5.41) is 1.28. The number of hydrogen-bond donors (Lipinski definition) is 0. The molecule has 0 unspecified atom stereocenters. The smallest absolute Gasteiger partial charge is 0.302 e. The Bertz CT molecular complexity index is 722. The number of esters is 1. The van der Waals surface area contributed by atoms with Gasteiger partial charge in [-0.2, -0.15) is 0 Å². The molecule has 0 bridgehead atoms. The van der Waals surface area contributed by atoms with Crippen molar-refractivity contribution in [3.05, 3.63) is 59.8 Å². The summed E-state index contributed by atoms with van der Waals surface area (Å²) in [6, 6.07) is 10.6. The molecule has 23 heavy (non-hydrogen) atoms. The number of rotatable bonds is 7. The molecule has 1 aromatic carbocycles. The number of carbonyl (C=O) groups excluding carboxylic acids is 1. The number of carbonyl (C=O) groups is 1. The van der Waals surface area contributed by atoms with Crippen molar-refractivity contribution < 1.29 is 9.53 Å². The molecule has 0 spiro atoms. The van der Waals surface area contributed by atoms with Crippen molar-refractivity contribution in [3.63, 3.8) is 0 Å². The molecule has 0 aliphatic carbocycles. The SMILES string of the molecule is CC(=O)OCC=C(C)CCC=C(C)Cn1ccc2ccccc21. The predicted octanol–water partition coefficient (Wildman–Crippen LogP) is 4.88. The first-order valence-electron chi connectivity index (χ1n) is 8.05. The van der Waals surface area contributed by atoms with Crippen molar-refractivity contribution in [1.29, 1.82) is 0 Å². The van der Waals surface area contributed by atoms with Crippen LogP contribution in [0.1, 0.15) is 33.6 Å². The first kappa shape index (κ1) is 17.1. The van der Waals surface area contributed by atoms with E-state index in [1.54, 1.807) is 0 Å². The first-order valence-corrected chi connectivity index (χ1v) is 8.05. The lowest BCUT2D eigenvalue weighted by molar-refractivity contribution is -0.139. The van der Waals surface area contributed by atoms with E-state index in [0.717, 1.165) is 19.4 Å². The lowest BCUT2D eigenvalue weighted by Crippen LogP contribution is -1.98. The summed E-state index contributed by atoms with van der Waals surface area (Å²) in [5.74, 6) is -0.233. The van der Waals surface area contributed by atoms with Crippen LogP contribution in [-0.2, 0) is 16.1 Å². The molecular formula is C20H25NO2. The third-order valence-electron chi connectivity index (χ3n) is 3.85. The van der Waals surface area contributed by atoms with Crippen LogP contribution in [0.4, 0.5) is 0 Å². The van der Waals surface area contributed by atoms with E-state index in [-0.39, 0.29) is 5.97 Å². The first-order chi connectivity index (χ1) is 11.1. The summed E-state index contributed by atoms with van der Waals surface area (Å²) >= 11 is 0. The van der Waals surface area contributed by atoms with Gasteiger partial charge in [-0.25, -0.2) is 0 Å². The third-order valence-corrected chi connectivity index (χ3v) is 3.85. The van der Waals surface area contributed by atoms with E-state index in [0.29, 0.717) is 6.61 Å². The Morgan fingerprint density at radius 3 is 2.65 bits per heavy atom. The van der Waals surface area contributed by atoms with Crippen LogP contribution in [0.3, 0.4) is 0 Å². The molecule has 122 valence electrons. The van der Waals surface area contributed by atoms with Crippen LogP contribution in [0, 0.1) is 0 Å². The Kier molecular flexibility index (Phi) is 6.21. The maximum Gasteiger partial charge on any atom is 0.302 e. The van der Waals surface area contributed by atoms with E-state index in [1.807, 2.05) is 6.08 Å². The molecule has 0 N–H and O–H groups in total. The zero-order valence-corrected chi connectivity index (χ0v) is 14.2. The van der Waals surface area contributed by atoms with Crippen LogP contribution < -0.4 is 0 Å². The van der Waals surface area contributed by atoms with Gasteiger partial charge in [0.2, 0.25) is 0 Å². The maximum atomic E-state index is 10.7. The Morgan fingerprint density at radius 1 is 1.09 bits per heavy atom. The van der Waals surface area contributed by atoms with Crippen LogP contribution in [0.15, 0.2) is 59.8 Å². The van der Waals surface area contributed by atoms with Gasteiger partial charge in [0, 0.05) is 25.2 Å². The van der Waals surface area contributed by atoms with Gasteiger partial charge in [-0.15, -0.1) is 0 Å². The Labute approximate surface area is 138 Å². The van der Waals surface area contributed by atoms with Gasteiger partial charge in [0.25, 0.3) is 0 Å². The van der Waals surface area contributed by atoms with Crippen LogP contribution in [-0.4, -0.2) is 17.1 Å². The van der Waals surface area contributed by atoms with E-state index in [1.165, 1.54) is 29.0 Å².